The first kappa shape index (κ1) is 20.1. The molecule has 0 spiro atoms. The highest BCUT2D eigenvalue weighted by Gasteiger charge is 2.07. The summed E-state index contributed by atoms with van der Waals surface area (Å²) in [5.74, 6) is 1.47. The third-order valence-corrected chi connectivity index (χ3v) is 3.83. The normalized spacial score (nSPS) is 11.2. The van der Waals surface area contributed by atoms with E-state index < -0.39 is 0 Å². The second-order valence-electron chi connectivity index (χ2n) is 6.24. The Bertz CT molecular complexity index is 801. The van der Waals surface area contributed by atoms with Crippen LogP contribution in [0.15, 0.2) is 47.5 Å². The summed E-state index contributed by atoms with van der Waals surface area (Å²) in [6, 6.07) is 12.9. The van der Waals surface area contributed by atoms with Crippen LogP contribution in [0.25, 0.3) is 0 Å². The van der Waals surface area contributed by atoms with E-state index >= 15 is 0 Å². The molecule has 0 radical (unpaired) electrons. The maximum absolute atomic E-state index is 11.7. The van der Waals surface area contributed by atoms with Crippen LogP contribution >= 0.6 is 0 Å². The van der Waals surface area contributed by atoms with Crippen LogP contribution in [0, 0.1) is 5.92 Å². The highest BCUT2D eigenvalue weighted by molar-refractivity contribution is 5.93. The van der Waals surface area contributed by atoms with Gasteiger partial charge in [0.15, 0.2) is 17.5 Å². The number of benzene rings is 2. The Morgan fingerprint density at radius 2 is 1.63 bits per heavy atom. The van der Waals surface area contributed by atoms with Crippen LogP contribution in [0.3, 0.4) is 0 Å². The predicted octanol–water partition coefficient (Wildman–Crippen LogP) is 3.23. The summed E-state index contributed by atoms with van der Waals surface area (Å²) in [5, 5.41) is 5.88. The van der Waals surface area contributed by atoms with Crippen LogP contribution in [-0.2, 0) is 11.3 Å². The van der Waals surface area contributed by atoms with E-state index in [9.17, 15) is 4.79 Å². The van der Waals surface area contributed by atoms with Crippen molar-refractivity contribution < 1.29 is 14.3 Å². The fraction of sp³-hybridized carbons (Fsp3) is 0.300. The maximum atomic E-state index is 11.7. The average Bonchev–Trinajstić information content (AvgIpc) is 2.67. The standard InChI is InChI=1S/C20H26N4O3/c1-13(2)19(25)23-15-7-5-14(6-8-15)12-22-20(21)24-16-9-10-17(26-3)18(11-16)27-4/h5-11,13H,12H2,1-4H3,(H,23,25)(H3,21,22,24). The van der Waals surface area contributed by atoms with Crippen molar-refractivity contribution in [3.05, 3.63) is 48.0 Å². The highest BCUT2D eigenvalue weighted by Crippen LogP contribution is 2.29. The Balaban J connectivity index is 1.96. The average molecular weight is 370 g/mol. The van der Waals surface area contributed by atoms with Crippen LogP contribution in [0.5, 0.6) is 11.5 Å². The second-order valence-corrected chi connectivity index (χ2v) is 6.24. The SMILES string of the molecule is COc1ccc(NC(N)=NCc2ccc(NC(=O)C(C)C)cc2)cc1OC. The highest BCUT2D eigenvalue weighted by atomic mass is 16.5. The van der Waals surface area contributed by atoms with Gasteiger partial charge in [-0.05, 0) is 29.8 Å². The van der Waals surface area contributed by atoms with Crippen molar-refractivity contribution in [3.63, 3.8) is 0 Å². The lowest BCUT2D eigenvalue weighted by molar-refractivity contribution is -0.118. The molecule has 0 saturated carbocycles. The lowest BCUT2D eigenvalue weighted by atomic mass is 10.2. The van der Waals surface area contributed by atoms with E-state index in [2.05, 4.69) is 15.6 Å². The van der Waals surface area contributed by atoms with Gasteiger partial charge in [-0.25, -0.2) is 4.99 Å². The van der Waals surface area contributed by atoms with Crippen molar-refractivity contribution >= 4 is 23.2 Å². The van der Waals surface area contributed by atoms with Crippen molar-refractivity contribution in [1.82, 2.24) is 0 Å². The summed E-state index contributed by atoms with van der Waals surface area (Å²) in [5.41, 5.74) is 8.45. The lowest BCUT2D eigenvalue weighted by Gasteiger charge is -2.11. The van der Waals surface area contributed by atoms with E-state index in [1.165, 1.54) is 0 Å². The third-order valence-electron chi connectivity index (χ3n) is 3.83. The largest absolute Gasteiger partial charge is 0.493 e. The van der Waals surface area contributed by atoms with E-state index in [4.69, 9.17) is 15.2 Å². The number of nitrogens with zero attached hydrogens (tertiary/aromatic N) is 1. The zero-order valence-corrected chi connectivity index (χ0v) is 16.1. The molecular weight excluding hydrogens is 344 g/mol. The quantitative estimate of drug-likeness (QED) is 0.513. The van der Waals surface area contributed by atoms with Gasteiger partial charge in [-0.1, -0.05) is 26.0 Å². The van der Waals surface area contributed by atoms with E-state index in [0.717, 1.165) is 16.9 Å². The van der Waals surface area contributed by atoms with Gasteiger partial charge >= 0.3 is 0 Å². The number of nitrogens with two attached hydrogens (primary N) is 1. The Hall–Kier alpha value is -3.22. The van der Waals surface area contributed by atoms with Crippen molar-refractivity contribution in [3.8, 4) is 11.5 Å². The van der Waals surface area contributed by atoms with Crippen molar-refractivity contribution in [2.24, 2.45) is 16.6 Å². The molecule has 4 N–H and O–H groups in total. The minimum atomic E-state index is -0.0586. The minimum absolute atomic E-state index is 0.0101. The summed E-state index contributed by atoms with van der Waals surface area (Å²) < 4.78 is 10.5. The van der Waals surface area contributed by atoms with Crippen LogP contribution in [-0.4, -0.2) is 26.1 Å². The van der Waals surface area contributed by atoms with Gasteiger partial charge in [-0.3, -0.25) is 4.79 Å². The number of anilines is 2. The molecule has 2 aromatic rings. The molecule has 0 aromatic heterocycles. The van der Waals surface area contributed by atoms with Crippen LogP contribution in [0.4, 0.5) is 11.4 Å². The number of hydrogen-bond acceptors (Lipinski definition) is 4. The Kier molecular flexibility index (Phi) is 7.05. The molecule has 144 valence electrons. The Labute approximate surface area is 159 Å². The molecule has 1 amide bonds. The Morgan fingerprint density at radius 1 is 1.00 bits per heavy atom. The second kappa shape index (κ2) is 9.47. The number of carbonyl (C=O) groups is 1. The topological polar surface area (TPSA) is 98.0 Å². The first-order valence-corrected chi connectivity index (χ1v) is 8.61. The van der Waals surface area contributed by atoms with Gasteiger partial charge in [0.25, 0.3) is 0 Å². The number of aliphatic imine (C=N–C) groups is 1. The van der Waals surface area contributed by atoms with E-state index in [0.29, 0.717) is 24.0 Å². The molecule has 0 aliphatic rings. The first-order chi connectivity index (χ1) is 12.9. The van der Waals surface area contributed by atoms with Gasteiger partial charge in [0.2, 0.25) is 5.91 Å². The summed E-state index contributed by atoms with van der Waals surface area (Å²) in [6.45, 7) is 4.13. The molecule has 0 bridgehead atoms. The van der Waals surface area contributed by atoms with Gasteiger partial charge in [0.1, 0.15) is 0 Å². The molecule has 0 unspecified atom stereocenters. The number of carbonyl (C=O) groups excluding carboxylic acids is 1. The molecule has 2 aromatic carbocycles. The molecular formula is C20H26N4O3. The zero-order valence-electron chi connectivity index (χ0n) is 16.1. The van der Waals surface area contributed by atoms with Crippen LogP contribution < -0.4 is 25.8 Å². The molecule has 0 fully saturated rings. The van der Waals surface area contributed by atoms with E-state index in [1.54, 1.807) is 26.4 Å². The molecule has 7 heteroatoms. The monoisotopic (exact) mass is 370 g/mol. The van der Waals surface area contributed by atoms with Gasteiger partial charge in [-0.2, -0.15) is 0 Å². The zero-order chi connectivity index (χ0) is 19.8. The maximum Gasteiger partial charge on any atom is 0.226 e. The van der Waals surface area contributed by atoms with Gasteiger partial charge < -0.3 is 25.8 Å². The van der Waals surface area contributed by atoms with Crippen LogP contribution in [0.2, 0.25) is 0 Å². The molecule has 2 rings (SSSR count). The molecule has 0 heterocycles. The smallest absolute Gasteiger partial charge is 0.226 e. The fourth-order valence-electron chi connectivity index (χ4n) is 2.26. The molecule has 0 aliphatic heterocycles. The number of hydrogen-bond donors (Lipinski definition) is 3. The molecule has 0 saturated heterocycles. The summed E-state index contributed by atoms with van der Waals surface area (Å²) >= 11 is 0. The van der Waals surface area contributed by atoms with E-state index in [-0.39, 0.29) is 11.8 Å². The number of methoxy groups -OCH3 is 2. The Morgan fingerprint density at radius 3 is 2.22 bits per heavy atom. The number of rotatable bonds is 7. The van der Waals surface area contributed by atoms with Crippen molar-refractivity contribution in [1.29, 1.82) is 0 Å². The van der Waals surface area contributed by atoms with Crippen molar-refractivity contribution in [2.45, 2.75) is 20.4 Å². The fourth-order valence-corrected chi connectivity index (χ4v) is 2.26. The minimum Gasteiger partial charge on any atom is -0.493 e. The number of guanidine groups is 1. The van der Waals surface area contributed by atoms with Crippen molar-refractivity contribution in [2.75, 3.05) is 24.9 Å². The lowest BCUT2D eigenvalue weighted by Crippen LogP contribution is -2.22. The first-order valence-electron chi connectivity index (χ1n) is 8.61. The molecule has 27 heavy (non-hydrogen) atoms. The number of ether oxygens (including phenoxy) is 2. The van der Waals surface area contributed by atoms with Gasteiger partial charge in [-0.15, -0.1) is 0 Å². The third kappa shape index (κ3) is 5.91. The summed E-state index contributed by atoms with van der Waals surface area (Å²) in [6.07, 6.45) is 0. The molecule has 0 aliphatic carbocycles. The summed E-state index contributed by atoms with van der Waals surface area (Å²) in [7, 11) is 3.16. The van der Waals surface area contributed by atoms with Gasteiger partial charge in [0.05, 0.1) is 20.8 Å². The number of nitrogens with one attached hydrogen (secondary N) is 2. The number of amides is 1. The summed E-state index contributed by atoms with van der Waals surface area (Å²) in [4.78, 5) is 16.0. The molecule has 0 atom stereocenters. The van der Waals surface area contributed by atoms with Gasteiger partial charge in [0, 0.05) is 23.4 Å². The van der Waals surface area contributed by atoms with Crippen LogP contribution in [0.1, 0.15) is 19.4 Å². The van der Waals surface area contributed by atoms with E-state index in [1.807, 2.05) is 44.2 Å². The molecule has 7 nitrogen and oxygen atoms in total. The predicted molar refractivity (Wildman–Crippen MR) is 108 cm³/mol.